The van der Waals surface area contributed by atoms with Gasteiger partial charge in [0.15, 0.2) is 0 Å². The van der Waals surface area contributed by atoms with E-state index in [2.05, 4.69) is 12.2 Å². The van der Waals surface area contributed by atoms with Gasteiger partial charge in [0.05, 0.1) is 12.0 Å². The molecule has 0 aromatic carbocycles. The largest absolute Gasteiger partial charge is 0.387 e. The third-order valence-electron chi connectivity index (χ3n) is 3.52. The highest BCUT2D eigenvalue weighted by Gasteiger charge is 2.38. The Morgan fingerprint density at radius 3 is 2.53 bits per heavy atom. The van der Waals surface area contributed by atoms with E-state index in [0.717, 1.165) is 31.8 Å². The predicted octanol–water partition coefficient (Wildman–Crippen LogP) is -0.0307. The summed E-state index contributed by atoms with van der Waals surface area (Å²) >= 11 is 0. The molecule has 2 fully saturated rings. The molecule has 0 spiro atoms. The minimum Gasteiger partial charge on any atom is -0.387 e. The highest BCUT2D eigenvalue weighted by Crippen LogP contribution is 2.21. The summed E-state index contributed by atoms with van der Waals surface area (Å²) in [6.45, 7) is 5.07. The van der Waals surface area contributed by atoms with Gasteiger partial charge in [-0.25, -0.2) is 0 Å². The van der Waals surface area contributed by atoms with Crippen molar-refractivity contribution in [2.75, 3.05) is 26.2 Å². The second-order valence-corrected chi connectivity index (χ2v) is 5.07. The zero-order valence-electron chi connectivity index (χ0n) is 9.33. The number of carbonyl (C=O) groups excluding carboxylic acids is 1. The van der Waals surface area contributed by atoms with Crippen LogP contribution in [0.25, 0.3) is 0 Å². The molecule has 0 unspecified atom stereocenters. The molecule has 2 N–H and O–H groups in total. The normalized spacial score (nSPS) is 26.1. The first-order valence-electron chi connectivity index (χ1n) is 5.80. The van der Waals surface area contributed by atoms with Crippen LogP contribution in [0.5, 0.6) is 0 Å². The molecule has 4 nitrogen and oxygen atoms in total. The van der Waals surface area contributed by atoms with Crippen LogP contribution in [0, 0.1) is 5.92 Å². The van der Waals surface area contributed by atoms with E-state index in [0.29, 0.717) is 13.1 Å². The number of likely N-dealkylation sites (tertiary alicyclic amines) is 1. The maximum absolute atomic E-state index is 11.9. The standard InChI is InChI=1S/C11H20N2O2/c1-9-2-4-13(5-3-9)10(14)6-11(15)7-12-8-11/h9,12,15H,2-8H2,1H3. The molecular weight excluding hydrogens is 192 g/mol. The molecular formula is C11H20N2O2. The van der Waals surface area contributed by atoms with Crippen molar-refractivity contribution in [1.29, 1.82) is 0 Å². The summed E-state index contributed by atoms with van der Waals surface area (Å²) in [6.07, 6.45) is 2.49. The zero-order chi connectivity index (χ0) is 10.9. The van der Waals surface area contributed by atoms with E-state index in [9.17, 15) is 9.90 Å². The van der Waals surface area contributed by atoms with Crippen molar-refractivity contribution >= 4 is 5.91 Å². The summed E-state index contributed by atoms with van der Waals surface area (Å²) in [6, 6.07) is 0. The average molecular weight is 212 g/mol. The van der Waals surface area contributed by atoms with Gasteiger partial charge in [0.1, 0.15) is 0 Å². The van der Waals surface area contributed by atoms with E-state index >= 15 is 0 Å². The van der Waals surface area contributed by atoms with Gasteiger partial charge in [0.25, 0.3) is 0 Å². The van der Waals surface area contributed by atoms with Crippen molar-refractivity contribution in [3.05, 3.63) is 0 Å². The van der Waals surface area contributed by atoms with Crippen LogP contribution in [0.15, 0.2) is 0 Å². The van der Waals surface area contributed by atoms with Crippen LogP contribution in [-0.4, -0.2) is 47.7 Å². The molecule has 15 heavy (non-hydrogen) atoms. The minimum absolute atomic E-state index is 0.117. The van der Waals surface area contributed by atoms with Crippen LogP contribution >= 0.6 is 0 Å². The van der Waals surface area contributed by atoms with Gasteiger partial charge in [-0.3, -0.25) is 4.79 Å². The maximum Gasteiger partial charge on any atom is 0.225 e. The first kappa shape index (κ1) is 10.9. The topological polar surface area (TPSA) is 52.6 Å². The molecule has 2 aliphatic heterocycles. The minimum atomic E-state index is -0.764. The Morgan fingerprint density at radius 1 is 1.47 bits per heavy atom. The van der Waals surface area contributed by atoms with Gasteiger partial charge < -0.3 is 15.3 Å². The number of rotatable bonds is 2. The van der Waals surface area contributed by atoms with Gasteiger partial charge in [0, 0.05) is 26.2 Å². The quantitative estimate of drug-likeness (QED) is 0.676. The summed E-state index contributed by atoms with van der Waals surface area (Å²) in [5.74, 6) is 0.855. The Morgan fingerprint density at radius 2 is 2.07 bits per heavy atom. The van der Waals surface area contributed by atoms with E-state index in [-0.39, 0.29) is 12.3 Å². The lowest BCUT2D eigenvalue weighted by atomic mass is 9.91. The van der Waals surface area contributed by atoms with E-state index in [1.807, 2.05) is 4.90 Å². The number of hydrogen-bond acceptors (Lipinski definition) is 3. The second-order valence-electron chi connectivity index (χ2n) is 5.07. The summed E-state index contributed by atoms with van der Waals surface area (Å²) in [4.78, 5) is 13.8. The van der Waals surface area contributed by atoms with Crippen LogP contribution in [0.1, 0.15) is 26.2 Å². The number of piperidine rings is 1. The summed E-state index contributed by atoms with van der Waals surface area (Å²) < 4.78 is 0. The number of amides is 1. The van der Waals surface area contributed by atoms with Crippen molar-refractivity contribution in [3.8, 4) is 0 Å². The fourth-order valence-corrected chi connectivity index (χ4v) is 2.19. The molecule has 2 heterocycles. The predicted molar refractivity (Wildman–Crippen MR) is 57.4 cm³/mol. The van der Waals surface area contributed by atoms with Crippen LogP contribution in [0.2, 0.25) is 0 Å². The number of aliphatic hydroxyl groups is 1. The molecule has 0 bridgehead atoms. The maximum atomic E-state index is 11.9. The van der Waals surface area contributed by atoms with E-state index < -0.39 is 5.60 Å². The molecule has 1 amide bonds. The van der Waals surface area contributed by atoms with Gasteiger partial charge in [-0.15, -0.1) is 0 Å². The smallest absolute Gasteiger partial charge is 0.225 e. The van der Waals surface area contributed by atoms with Crippen LogP contribution < -0.4 is 5.32 Å². The number of hydrogen-bond donors (Lipinski definition) is 2. The third kappa shape index (κ3) is 2.49. The van der Waals surface area contributed by atoms with Crippen molar-refractivity contribution in [3.63, 3.8) is 0 Å². The van der Waals surface area contributed by atoms with Gasteiger partial charge in [-0.1, -0.05) is 6.92 Å². The Kier molecular flexibility index (Phi) is 2.98. The fourth-order valence-electron chi connectivity index (χ4n) is 2.19. The number of carbonyl (C=O) groups is 1. The lowest BCUT2D eigenvalue weighted by molar-refractivity contribution is -0.139. The molecule has 4 heteroatoms. The fraction of sp³-hybridized carbons (Fsp3) is 0.909. The number of nitrogens with zero attached hydrogens (tertiary/aromatic N) is 1. The lowest BCUT2D eigenvalue weighted by Gasteiger charge is -2.39. The Hall–Kier alpha value is -0.610. The van der Waals surface area contributed by atoms with Crippen molar-refractivity contribution in [2.24, 2.45) is 5.92 Å². The summed E-state index contributed by atoms with van der Waals surface area (Å²) in [5.41, 5.74) is -0.764. The molecule has 0 aromatic heterocycles. The third-order valence-corrected chi connectivity index (χ3v) is 3.52. The molecule has 2 rings (SSSR count). The van der Waals surface area contributed by atoms with Crippen LogP contribution in [0.4, 0.5) is 0 Å². The first-order chi connectivity index (χ1) is 7.09. The number of β-amino-alcohol motifs (C(OH)–C–C–N with tert-alkyl or cyclic N) is 1. The monoisotopic (exact) mass is 212 g/mol. The molecule has 0 aliphatic carbocycles. The van der Waals surface area contributed by atoms with Crippen LogP contribution in [-0.2, 0) is 4.79 Å². The number of nitrogens with one attached hydrogen (secondary N) is 1. The molecule has 0 radical (unpaired) electrons. The van der Waals surface area contributed by atoms with Crippen LogP contribution in [0.3, 0.4) is 0 Å². The molecule has 2 saturated heterocycles. The molecule has 86 valence electrons. The average Bonchev–Trinajstić information content (AvgIpc) is 2.16. The van der Waals surface area contributed by atoms with E-state index in [4.69, 9.17) is 0 Å². The van der Waals surface area contributed by atoms with Gasteiger partial charge in [-0.05, 0) is 18.8 Å². The van der Waals surface area contributed by atoms with Crippen molar-refractivity contribution in [2.45, 2.75) is 31.8 Å². The molecule has 0 atom stereocenters. The van der Waals surface area contributed by atoms with Crippen molar-refractivity contribution < 1.29 is 9.90 Å². The molecule has 2 aliphatic rings. The summed E-state index contributed by atoms with van der Waals surface area (Å²) in [7, 11) is 0. The second kappa shape index (κ2) is 4.10. The lowest BCUT2D eigenvalue weighted by Crippen LogP contribution is -2.61. The van der Waals surface area contributed by atoms with Gasteiger partial charge in [0.2, 0.25) is 5.91 Å². The van der Waals surface area contributed by atoms with E-state index in [1.54, 1.807) is 0 Å². The zero-order valence-corrected chi connectivity index (χ0v) is 9.33. The Bertz CT molecular complexity index is 243. The Balaban J connectivity index is 1.80. The van der Waals surface area contributed by atoms with Crippen molar-refractivity contribution in [1.82, 2.24) is 10.2 Å². The Labute approximate surface area is 90.6 Å². The summed E-state index contributed by atoms with van der Waals surface area (Å²) in [5, 5.41) is 12.8. The SMILES string of the molecule is CC1CCN(C(=O)CC2(O)CNC2)CC1. The highest BCUT2D eigenvalue weighted by molar-refractivity contribution is 5.77. The first-order valence-corrected chi connectivity index (χ1v) is 5.80. The molecule has 0 saturated carbocycles. The van der Waals surface area contributed by atoms with E-state index in [1.165, 1.54) is 0 Å². The van der Waals surface area contributed by atoms with Gasteiger partial charge >= 0.3 is 0 Å². The van der Waals surface area contributed by atoms with Gasteiger partial charge in [-0.2, -0.15) is 0 Å². The highest BCUT2D eigenvalue weighted by atomic mass is 16.3. The molecule has 0 aromatic rings.